The SMILES string of the molecule is CC(CC#N)N[C@H](C)c1cccc(Br)c1. The van der Waals surface area contributed by atoms with Crippen LogP contribution in [0.5, 0.6) is 0 Å². The second kappa shape index (κ2) is 5.89. The minimum Gasteiger partial charge on any atom is -0.307 e. The van der Waals surface area contributed by atoms with E-state index in [9.17, 15) is 0 Å². The van der Waals surface area contributed by atoms with Gasteiger partial charge in [0, 0.05) is 16.6 Å². The lowest BCUT2D eigenvalue weighted by Gasteiger charge is -2.18. The van der Waals surface area contributed by atoms with Crippen LogP contribution < -0.4 is 5.32 Å². The second-order valence-electron chi connectivity index (χ2n) is 3.71. The van der Waals surface area contributed by atoms with Crippen LogP contribution in [0.15, 0.2) is 28.7 Å². The number of nitriles is 1. The monoisotopic (exact) mass is 266 g/mol. The molecule has 0 aliphatic rings. The molecule has 3 heteroatoms. The highest BCUT2D eigenvalue weighted by atomic mass is 79.9. The molecular formula is C12H15BrN2. The van der Waals surface area contributed by atoms with Gasteiger partial charge in [-0.15, -0.1) is 0 Å². The van der Waals surface area contributed by atoms with Gasteiger partial charge in [0.1, 0.15) is 0 Å². The minimum absolute atomic E-state index is 0.226. The van der Waals surface area contributed by atoms with Crippen molar-refractivity contribution >= 4 is 15.9 Å². The third kappa shape index (κ3) is 4.03. The van der Waals surface area contributed by atoms with Crippen molar-refractivity contribution in [1.82, 2.24) is 5.32 Å². The van der Waals surface area contributed by atoms with Crippen LogP contribution in [0, 0.1) is 11.3 Å². The summed E-state index contributed by atoms with van der Waals surface area (Å²) in [5.74, 6) is 0. The van der Waals surface area contributed by atoms with E-state index in [0.29, 0.717) is 6.42 Å². The summed E-state index contributed by atoms with van der Waals surface area (Å²) in [7, 11) is 0. The molecule has 0 spiro atoms. The Morgan fingerprint density at radius 2 is 2.20 bits per heavy atom. The average Bonchev–Trinajstić information content (AvgIpc) is 2.18. The van der Waals surface area contributed by atoms with Crippen molar-refractivity contribution in [1.29, 1.82) is 5.26 Å². The fourth-order valence-electron chi connectivity index (χ4n) is 1.49. The molecule has 1 rings (SSSR count). The first-order chi connectivity index (χ1) is 7.13. The highest BCUT2D eigenvalue weighted by Crippen LogP contribution is 2.18. The van der Waals surface area contributed by atoms with E-state index in [0.717, 1.165) is 4.47 Å². The third-order valence-corrected chi connectivity index (χ3v) is 2.77. The molecule has 0 radical (unpaired) electrons. The van der Waals surface area contributed by atoms with Crippen molar-refractivity contribution in [2.45, 2.75) is 32.4 Å². The molecule has 0 aromatic heterocycles. The van der Waals surface area contributed by atoms with E-state index >= 15 is 0 Å². The maximum atomic E-state index is 8.57. The number of nitrogens with one attached hydrogen (secondary N) is 1. The summed E-state index contributed by atoms with van der Waals surface area (Å²) in [6.07, 6.45) is 0.540. The van der Waals surface area contributed by atoms with E-state index < -0.39 is 0 Å². The van der Waals surface area contributed by atoms with Gasteiger partial charge in [-0.05, 0) is 31.5 Å². The van der Waals surface area contributed by atoms with Crippen LogP contribution in [-0.2, 0) is 0 Å². The molecule has 0 aliphatic carbocycles. The van der Waals surface area contributed by atoms with Gasteiger partial charge in [0.25, 0.3) is 0 Å². The van der Waals surface area contributed by atoms with Crippen LogP contribution in [0.3, 0.4) is 0 Å². The fraction of sp³-hybridized carbons (Fsp3) is 0.417. The van der Waals surface area contributed by atoms with Crippen LogP contribution in [0.2, 0.25) is 0 Å². The van der Waals surface area contributed by atoms with Crippen molar-refractivity contribution in [2.24, 2.45) is 0 Å². The van der Waals surface area contributed by atoms with Gasteiger partial charge in [0.2, 0.25) is 0 Å². The van der Waals surface area contributed by atoms with Gasteiger partial charge >= 0.3 is 0 Å². The molecule has 1 N–H and O–H groups in total. The highest BCUT2D eigenvalue weighted by molar-refractivity contribution is 9.10. The largest absolute Gasteiger partial charge is 0.307 e. The van der Waals surface area contributed by atoms with Crippen LogP contribution >= 0.6 is 15.9 Å². The summed E-state index contributed by atoms with van der Waals surface area (Å²) in [5, 5.41) is 11.9. The lowest BCUT2D eigenvalue weighted by molar-refractivity contribution is 0.485. The molecule has 2 nitrogen and oxygen atoms in total. The van der Waals surface area contributed by atoms with Crippen molar-refractivity contribution in [3.05, 3.63) is 34.3 Å². The predicted octanol–water partition coefficient (Wildman–Crippen LogP) is 3.40. The zero-order valence-electron chi connectivity index (χ0n) is 9.00. The van der Waals surface area contributed by atoms with E-state index in [2.05, 4.69) is 46.4 Å². The molecular weight excluding hydrogens is 252 g/mol. The quantitative estimate of drug-likeness (QED) is 0.907. The molecule has 1 unspecified atom stereocenters. The first-order valence-corrected chi connectivity index (χ1v) is 5.81. The first kappa shape index (κ1) is 12.2. The summed E-state index contributed by atoms with van der Waals surface area (Å²) < 4.78 is 1.08. The van der Waals surface area contributed by atoms with Crippen LogP contribution in [0.4, 0.5) is 0 Å². The highest BCUT2D eigenvalue weighted by Gasteiger charge is 2.08. The Morgan fingerprint density at radius 3 is 2.80 bits per heavy atom. The van der Waals surface area contributed by atoms with Gasteiger partial charge in [-0.3, -0.25) is 0 Å². The summed E-state index contributed by atoms with van der Waals surface area (Å²) in [4.78, 5) is 0. The molecule has 0 aliphatic heterocycles. The van der Waals surface area contributed by atoms with E-state index in [4.69, 9.17) is 5.26 Å². The number of halogens is 1. The van der Waals surface area contributed by atoms with E-state index in [-0.39, 0.29) is 12.1 Å². The molecule has 0 heterocycles. The van der Waals surface area contributed by atoms with Gasteiger partial charge in [-0.25, -0.2) is 0 Å². The van der Waals surface area contributed by atoms with E-state index in [1.807, 2.05) is 19.1 Å². The van der Waals surface area contributed by atoms with Crippen molar-refractivity contribution in [3.63, 3.8) is 0 Å². The fourth-order valence-corrected chi connectivity index (χ4v) is 1.91. The van der Waals surface area contributed by atoms with Gasteiger partial charge < -0.3 is 5.32 Å². The Kier molecular flexibility index (Phi) is 4.80. The normalized spacial score (nSPS) is 14.3. The standard InChI is InChI=1S/C12H15BrN2/c1-9(6-7-14)15-10(2)11-4-3-5-12(13)8-11/h3-5,8-10,15H,6H2,1-2H3/t9?,10-/m1/s1. The Labute approximate surface area is 99.4 Å². The Hall–Kier alpha value is -0.850. The van der Waals surface area contributed by atoms with Crippen LogP contribution in [0.1, 0.15) is 31.9 Å². The molecule has 80 valence electrons. The number of hydrogen-bond donors (Lipinski definition) is 1. The molecule has 15 heavy (non-hydrogen) atoms. The molecule has 2 atom stereocenters. The molecule has 0 amide bonds. The van der Waals surface area contributed by atoms with Crippen molar-refractivity contribution in [3.8, 4) is 6.07 Å². The predicted molar refractivity (Wildman–Crippen MR) is 65.4 cm³/mol. The maximum Gasteiger partial charge on any atom is 0.0638 e. The number of nitrogens with zero attached hydrogens (tertiary/aromatic N) is 1. The van der Waals surface area contributed by atoms with Gasteiger partial charge in [-0.1, -0.05) is 28.1 Å². The maximum absolute atomic E-state index is 8.57. The van der Waals surface area contributed by atoms with Gasteiger partial charge in [0.15, 0.2) is 0 Å². The lowest BCUT2D eigenvalue weighted by atomic mass is 10.1. The summed E-state index contributed by atoms with van der Waals surface area (Å²) >= 11 is 3.45. The van der Waals surface area contributed by atoms with Crippen molar-refractivity contribution in [2.75, 3.05) is 0 Å². The van der Waals surface area contributed by atoms with E-state index in [1.54, 1.807) is 0 Å². The van der Waals surface area contributed by atoms with Gasteiger partial charge in [-0.2, -0.15) is 5.26 Å². The smallest absolute Gasteiger partial charge is 0.0638 e. The number of benzene rings is 1. The average molecular weight is 267 g/mol. The van der Waals surface area contributed by atoms with Crippen molar-refractivity contribution < 1.29 is 0 Å². The summed E-state index contributed by atoms with van der Waals surface area (Å²) in [5.41, 5.74) is 1.23. The molecule has 0 bridgehead atoms. The zero-order chi connectivity index (χ0) is 11.3. The second-order valence-corrected chi connectivity index (χ2v) is 4.62. The first-order valence-electron chi connectivity index (χ1n) is 5.02. The Morgan fingerprint density at radius 1 is 1.47 bits per heavy atom. The molecule has 1 aromatic rings. The summed E-state index contributed by atoms with van der Waals surface area (Å²) in [6, 6.07) is 10.9. The molecule has 0 fully saturated rings. The third-order valence-electron chi connectivity index (χ3n) is 2.28. The Bertz CT molecular complexity index is 357. The minimum atomic E-state index is 0.226. The lowest BCUT2D eigenvalue weighted by Crippen LogP contribution is -2.28. The van der Waals surface area contributed by atoms with E-state index in [1.165, 1.54) is 5.56 Å². The molecule has 0 saturated carbocycles. The molecule has 0 saturated heterocycles. The summed E-state index contributed by atoms with van der Waals surface area (Å²) in [6.45, 7) is 4.13. The number of rotatable bonds is 4. The van der Waals surface area contributed by atoms with Crippen LogP contribution in [0.25, 0.3) is 0 Å². The van der Waals surface area contributed by atoms with Crippen LogP contribution in [-0.4, -0.2) is 6.04 Å². The molecule has 1 aromatic carbocycles. The topological polar surface area (TPSA) is 35.8 Å². The zero-order valence-corrected chi connectivity index (χ0v) is 10.6. The number of hydrogen-bond acceptors (Lipinski definition) is 2. The Balaban J connectivity index is 2.61. The van der Waals surface area contributed by atoms with Gasteiger partial charge in [0.05, 0.1) is 12.5 Å².